The smallest absolute Gasteiger partial charge is 0.0611 e. The molecule has 3 fully saturated rings. The first-order chi connectivity index (χ1) is 9.59. The van der Waals surface area contributed by atoms with E-state index >= 15 is 0 Å². The van der Waals surface area contributed by atoms with E-state index in [1.165, 1.54) is 45.3 Å². The van der Waals surface area contributed by atoms with Gasteiger partial charge < -0.3 is 10.4 Å². The van der Waals surface area contributed by atoms with E-state index in [9.17, 15) is 5.11 Å². The van der Waals surface area contributed by atoms with Gasteiger partial charge in [0.05, 0.1) is 6.61 Å². The fourth-order valence-electron chi connectivity index (χ4n) is 3.87. The number of nitrogens with zero attached hydrogens (tertiary/aromatic N) is 2. The zero-order valence-electron chi connectivity index (χ0n) is 13.1. The van der Waals surface area contributed by atoms with Crippen molar-refractivity contribution in [3.63, 3.8) is 0 Å². The molecule has 0 bridgehead atoms. The average molecular weight is 281 g/mol. The van der Waals surface area contributed by atoms with Gasteiger partial charge in [-0.15, -0.1) is 0 Å². The van der Waals surface area contributed by atoms with Crippen LogP contribution in [0.3, 0.4) is 0 Å². The van der Waals surface area contributed by atoms with Gasteiger partial charge in [0.1, 0.15) is 0 Å². The lowest BCUT2D eigenvalue weighted by molar-refractivity contribution is 0.0475. The van der Waals surface area contributed by atoms with Crippen LogP contribution in [0.5, 0.6) is 0 Å². The van der Waals surface area contributed by atoms with Crippen molar-refractivity contribution in [3.05, 3.63) is 0 Å². The van der Waals surface area contributed by atoms with Crippen molar-refractivity contribution < 1.29 is 5.11 Å². The maximum absolute atomic E-state index is 9.72. The summed E-state index contributed by atoms with van der Waals surface area (Å²) in [5, 5.41) is 13.3. The molecule has 0 amide bonds. The predicted octanol–water partition coefficient (Wildman–Crippen LogP) is 1.05. The third kappa shape index (κ3) is 3.35. The molecule has 3 rings (SSSR count). The standard InChI is InChI=1S/C16H31N3O/c1-13-10-19-8-3-4-15(19)11-18(13)9-7-16(2,12-20)17-14-5-6-14/h13-15,17,20H,3-12H2,1-2H3. The maximum atomic E-state index is 9.72. The molecule has 0 spiro atoms. The first-order valence-corrected chi connectivity index (χ1v) is 8.46. The van der Waals surface area contributed by atoms with Gasteiger partial charge in [0.25, 0.3) is 0 Å². The number of aliphatic hydroxyl groups is 1. The molecule has 0 aromatic rings. The minimum Gasteiger partial charge on any atom is -0.394 e. The monoisotopic (exact) mass is 281 g/mol. The van der Waals surface area contributed by atoms with Gasteiger partial charge in [-0.2, -0.15) is 0 Å². The van der Waals surface area contributed by atoms with E-state index in [-0.39, 0.29) is 12.1 Å². The van der Waals surface area contributed by atoms with Crippen molar-refractivity contribution in [1.29, 1.82) is 0 Å². The average Bonchev–Trinajstić information content (AvgIpc) is 3.12. The minimum atomic E-state index is -0.0896. The van der Waals surface area contributed by atoms with Gasteiger partial charge in [-0.05, 0) is 52.5 Å². The minimum absolute atomic E-state index is 0.0896. The second-order valence-corrected chi connectivity index (χ2v) is 7.52. The van der Waals surface area contributed by atoms with E-state index in [1.807, 2.05) is 0 Å². The summed E-state index contributed by atoms with van der Waals surface area (Å²) in [5.41, 5.74) is -0.0896. The van der Waals surface area contributed by atoms with Crippen LogP contribution in [-0.2, 0) is 0 Å². The molecule has 20 heavy (non-hydrogen) atoms. The van der Waals surface area contributed by atoms with Gasteiger partial charge in [0.15, 0.2) is 0 Å². The number of piperazine rings is 1. The first-order valence-electron chi connectivity index (χ1n) is 8.46. The molecule has 3 unspecified atom stereocenters. The van der Waals surface area contributed by atoms with Crippen LogP contribution in [0.1, 0.15) is 46.0 Å². The van der Waals surface area contributed by atoms with Crippen LogP contribution < -0.4 is 5.32 Å². The molecule has 1 saturated carbocycles. The molecule has 0 aromatic carbocycles. The normalized spacial score (nSPS) is 35.0. The van der Waals surface area contributed by atoms with E-state index in [4.69, 9.17) is 0 Å². The van der Waals surface area contributed by atoms with Crippen LogP contribution >= 0.6 is 0 Å². The van der Waals surface area contributed by atoms with Gasteiger partial charge in [-0.25, -0.2) is 0 Å². The third-order valence-corrected chi connectivity index (χ3v) is 5.50. The quantitative estimate of drug-likeness (QED) is 0.763. The number of fused-ring (bicyclic) bond motifs is 1. The molecule has 4 heteroatoms. The summed E-state index contributed by atoms with van der Waals surface area (Å²) in [4.78, 5) is 5.32. The fourth-order valence-corrected chi connectivity index (χ4v) is 3.87. The highest BCUT2D eigenvalue weighted by Gasteiger charge is 2.36. The van der Waals surface area contributed by atoms with Crippen LogP contribution in [0.4, 0.5) is 0 Å². The van der Waals surface area contributed by atoms with E-state index < -0.39 is 0 Å². The molecule has 1 aliphatic carbocycles. The summed E-state index contributed by atoms with van der Waals surface area (Å²) in [6.07, 6.45) is 6.38. The Morgan fingerprint density at radius 2 is 2.05 bits per heavy atom. The van der Waals surface area contributed by atoms with Gasteiger partial charge in [0, 0.05) is 43.3 Å². The number of aliphatic hydroxyl groups excluding tert-OH is 1. The van der Waals surface area contributed by atoms with E-state index in [0.29, 0.717) is 12.1 Å². The molecule has 0 aromatic heterocycles. The number of rotatable bonds is 6. The first kappa shape index (κ1) is 14.8. The Labute approximate surface area is 123 Å². The largest absolute Gasteiger partial charge is 0.394 e. The van der Waals surface area contributed by atoms with E-state index in [0.717, 1.165) is 19.0 Å². The lowest BCUT2D eigenvalue weighted by atomic mass is 9.97. The Kier molecular flexibility index (Phi) is 4.37. The van der Waals surface area contributed by atoms with Crippen molar-refractivity contribution in [2.45, 2.75) is 69.6 Å². The Balaban J connectivity index is 1.51. The molecule has 2 N–H and O–H groups in total. The van der Waals surface area contributed by atoms with E-state index in [1.54, 1.807) is 0 Å². The second kappa shape index (κ2) is 5.91. The van der Waals surface area contributed by atoms with Gasteiger partial charge >= 0.3 is 0 Å². The van der Waals surface area contributed by atoms with Crippen molar-refractivity contribution in [3.8, 4) is 0 Å². The second-order valence-electron chi connectivity index (χ2n) is 7.52. The van der Waals surface area contributed by atoms with Crippen molar-refractivity contribution in [1.82, 2.24) is 15.1 Å². The Morgan fingerprint density at radius 3 is 2.75 bits per heavy atom. The Hall–Kier alpha value is -0.160. The maximum Gasteiger partial charge on any atom is 0.0611 e. The molecule has 2 heterocycles. The summed E-state index contributed by atoms with van der Waals surface area (Å²) in [5.74, 6) is 0. The van der Waals surface area contributed by atoms with Gasteiger partial charge in [0.2, 0.25) is 0 Å². The van der Waals surface area contributed by atoms with Gasteiger partial charge in [-0.3, -0.25) is 9.80 Å². The SMILES string of the molecule is CC1CN2CCCC2CN1CCC(C)(CO)NC1CC1. The zero-order chi connectivity index (χ0) is 14.2. The van der Waals surface area contributed by atoms with Gasteiger partial charge in [-0.1, -0.05) is 0 Å². The zero-order valence-corrected chi connectivity index (χ0v) is 13.1. The lowest BCUT2D eigenvalue weighted by Gasteiger charge is -2.43. The van der Waals surface area contributed by atoms with E-state index in [2.05, 4.69) is 29.0 Å². The molecule has 3 atom stereocenters. The molecule has 0 radical (unpaired) electrons. The third-order valence-electron chi connectivity index (χ3n) is 5.50. The highest BCUT2D eigenvalue weighted by Crippen LogP contribution is 2.27. The summed E-state index contributed by atoms with van der Waals surface area (Å²) in [7, 11) is 0. The van der Waals surface area contributed by atoms with Crippen LogP contribution in [0, 0.1) is 0 Å². The fraction of sp³-hybridized carbons (Fsp3) is 1.00. The molecule has 116 valence electrons. The molecule has 2 saturated heterocycles. The molecular formula is C16H31N3O. The summed E-state index contributed by atoms with van der Waals surface area (Å²) < 4.78 is 0. The highest BCUT2D eigenvalue weighted by molar-refractivity contribution is 4.95. The van der Waals surface area contributed by atoms with Crippen LogP contribution in [-0.4, -0.2) is 71.4 Å². The Morgan fingerprint density at radius 1 is 1.25 bits per heavy atom. The number of nitrogens with one attached hydrogen (secondary N) is 1. The predicted molar refractivity (Wildman–Crippen MR) is 81.9 cm³/mol. The molecule has 2 aliphatic heterocycles. The molecular weight excluding hydrogens is 250 g/mol. The number of hydrogen-bond acceptors (Lipinski definition) is 4. The number of hydrogen-bond donors (Lipinski definition) is 2. The van der Waals surface area contributed by atoms with Crippen molar-refractivity contribution in [2.75, 3.05) is 32.8 Å². The lowest BCUT2D eigenvalue weighted by Crippen LogP contribution is -2.57. The highest BCUT2D eigenvalue weighted by atomic mass is 16.3. The molecule has 4 nitrogen and oxygen atoms in total. The summed E-state index contributed by atoms with van der Waals surface area (Å²) >= 11 is 0. The van der Waals surface area contributed by atoms with Crippen molar-refractivity contribution >= 4 is 0 Å². The summed E-state index contributed by atoms with van der Waals surface area (Å²) in [6, 6.07) is 2.12. The topological polar surface area (TPSA) is 38.7 Å². The van der Waals surface area contributed by atoms with Crippen LogP contribution in [0.2, 0.25) is 0 Å². The Bertz CT molecular complexity index is 334. The van der Waals surface area contributed by atoms with Crippen LogP contribution in [0.25, 0.3) is 0 Å². The van der Waals surface area contributed by atoms with Crippen molar-refractivity contribution in [2.24, 2.45) is 0 Å². The van der Waals surface area contributed by atoms with Crippen LogP contribution in [0.15, 0.2) is 0 Å². The summed E-state index contributed by atoms with van der Waals surface area (Å²) in [6.45, 7) is 9.67. The molecule has 3 aliphatic rings.